The first-order chi connectivity index (χ1) is 10.6. The van der Waals surface area contributed by atoms with Crippen LogP contribution in [0.2, 0.25) is 0 Å². The van der Waals surface area contributed by atoms with Gasteiger partial charge < -0.3 is 14.6 Å². The number of hydrogen-bond acceptors (Lipinski definition) is 3. The largest absolute Gasteiger partial charge is 0.493 e. The van der Waals surface area contributed by atoms with Crippen molar-refractivity contribution in [2.45, 2.75) is 27.1 Å². The lowest BCUT2D eigenvalue weighted by Crippen LogP contribution is -2.05. The maximum absolute atomic E-state index is 9.38. The van der Waals surface area contributed by atoms with Crippen LogP contribution < -0.4 is 9.47 Å². The summed E-state index contributed by atoms with van der Waals surface area (Å²) in [6.45, 7) is 5.32. The van der Waals surface area contributed by atoms with Gasteiger partial charge in [-0.3, -0.25) is 0 Å². The van der Waals surface area contributed by atoms with E-state index in [1.807, 2.05) is 36.4 Å². The molecule has 2 aromatic rings. The van der Waals surface area contributed by atoms with Crippen LogP contribution in [0, 0.1) is 9.49 Å². The Morgan fingerprint density at radius 1 is 1.05 bits per heavy atom. The van der Waals surface area contributed by atoms with Crippen molar-refractivity contribution in [2.24, 2.45) is 5.92 Å². The molecule has 0 unspecified atom stereocenters. The smallest absolute Gasteiger partial charge is 0.123 e. The molecular weight excluding hydrogens is 391 g/mol. The third-order valence-corrected chi connectivity index (χ3v) is 4.11. The van der Waals surface area contributed by atoms with Gasteiger partial charge >= 0.3 is 0 Å². The highest BCUT2D eigenvalue weighted by atomic mass is 127. The molecule has 22 heavy (non-hydrogen) atoms. The third kappa shape index (κ3) is 5.18. The van der Waals surface area contributed by atoms with Gasteiger partial charge in [-0.25, -0.2) is 0 Å². The highest BCUT2D eigenvalue weighted by Gasteiger charge is 2.06. The Bertz CT molecular complexity index is 611. The third-order valence-electron chi connectivity index (χ3n) is 3.06. The number of rotatable bonds is 7. The van der Waals surface area contributed by atoms with Crippen LogP contribution in [0.1, 0.15) is 25.0 Å². The second kappa shape index (κ2) is 8.39. The molecule has 0 radical (unpaired) electrons. The quantitative estimate of drug-likeness (QED) is 0.686. The fourth-order valence-electron chi connectivity index (χ4n) is 1.93. The first kappa shape index (κ1) is 17.1. The number of ether oxygens (including phenoxy) is 2. The lowest BCUT2D eigenvalue weighted by molar-refractivity contribution is 0.259. The van der Waals surface area contributed by atoms with Crippen LogP contribution in [0.25, 0.3) is 0 Å². The van der Waals surface area contributed by atoms with Gasteiger partial charge in [-0.1, -0.05) is 32.0 Å². The lowest BCUT2D eigenvalue weighted by atomic mass is 10.2. The first-order valence-corrected chi connectivity index (χ1v) is 8.40. The van der Waals surface area contributed by atoms with Crippen molar-refractivity contribution in [3.05, 3.63) is 57.2 Å². The van der Waals surface area contributed by atoms with Crippen molar-refractivity contribution >= 4 is 22.6 Å². The minimum absolute atomic E-state index is 0.0297. The van der Waals surface area contributed by atoms with Crippen molar-refractivity contribution in [2.75, 3.05) is 6.61 Å². The molecular formula is C18H21IO3. The van der Waals surface area contributed by atoms with Crippen LogP contribution in [0.15, 0.2) is 42.5 Å². The predicted octanol–water partition coefficient (Wildman–Crippen LogP) is 4.40. The molecule has 2 rings (SSSR count). The zero-order valence-electron chi connectivity index (χ0n) is 12.9. The molecule has 0 aliphatic carbocycles. The van der Waals surface area contributed by atoms with Gasteiger partial charge in [-0.05, 0) is 52.3 Å². The summed E-state index contributed by atoms with van der Waals surface area (Å²) in [4.78, 5) is 0. The second-order valence-corrected chi connectivity index (χ2v) is 6.72. The van der Waals surface area contributed by atoms with E-state index >= 15 is 0 Å². The molecule has 4 heteroatoms. The molecule has 118 valence electrons. The Balaban J connectivity index is 2.09. The topological polar surface area (TPSA) is 38.7 Å². The standard InChI is InChI=1S/C18H21IO3/c1-13(2)11-21-16-7-14(10-20)8-17(9-16)22-12-15-5-3-4-6-18(15)19/h3-9,13,20H,10-12H2,1-2H3. The Morgan fingerprint density at radius 3 is 2.36 bits per heavy atom. The molecule has 0 bridgehead atoms. The van der Waals surface area contributed by atoms with Crippen molar-refractivity contribution in [1.29, 1.82) is 0 Å². The average molecular weight is 412 g/mol. The molecule has 0 fully saturated rings. The van der Waals surface area contributed by atoms with E-state index in [1.165, 1.54) is 3.57 Å². The highest BCUT2D eigenvalue weighted by Crippen LogP contribution is 2.25. The number of aliphatic hydroxyl groups excluding tert-OH is 1. The summed E-state index contributed by atoms with van der Waals surface area (Å²) in [5, 5.41) is 9.38. The van der Waals surface area contributed by atoms with Crippen molar-refractivity contribution in [3.63, 3.8) is 0 Å². The molecule has 0 saturated carbocycles. The first-order valence-electron chi connectivity index (χ1n) is 7.32. The van der Waals surface area contributed by atoms with Crippen LogP contribution in [-0.4, -0.2) is 11.7 Å². The van der Waals surface area contributed by atoms with Crippen LogP contribution in [0.4, 0.5) is 0 Å². The summed E-state index contributed by atoms with van der Waals surface area (Å²) >= 11 is 2.30. The van der Waals surface area contributed by atoms with Gasteiger partial charge in [0.15, 0.2) is 0 Å². The molecule has 0 aliphatic rings. The molecule has 0 aliphatic heterocycles. The molecule has 2 aromatic carbocycles. The lowest BCUT2D eigenvalue weighted by Gasteiger charge is -2.13. The van der Waals surface area contributed by atoms with Gasteiger partial charge in [0, 0.05) is 15.2 Å². The minimum atomic E-state index is -0.0297. The van der Waals surface area contributed by atoms with E-state index in [9.17, 15) is 5.11 Å². The van der Waals surface area contributed by atoms with Crippen LogP contribution in [-0.2, 0) is 13.2 Å². The number of aliphatic hydroxyl groups is 1. The van der Waals surface area contributed by atoms with E-state index < -0.39 is 0 Å². The average Bonchev–Trinajstić information content (AvgIpc) is 2.52. The Labute approximate surface area is 145 Å². The van der Waals surface area contributed by atoms with Gasteiger partial charge in [0.1, 0.15) is 18.1 Å². The molecule has 0 heterocycles. The fourth-order valence-corrected chi connectivity index (χ4v) is 2.47. The van der Waals surface area contributed by atoms with Gasteiger partial charge in [0.25, 0.3) is 0 Å². The van der Waals surface area contributed by atoms with E-state index in [2.05, 4.69) is 42.5 Å². The highest BCUT2D eigenvalue weighted by molar-refractivity contribution is 14.1. The summed E-state index contributed by atoms with van der Waals surface area (Å²) in [7, 11) is 0. The van der Waals surface area contributed by atoms with Crippen LogP contribution in [0.5, 0.6) is 11.5 Å². The number of halogens is 1. The van der Waals surface area contributed by atoms with E-state index in [4.69, 9.17) is 9.47 Å². The number of benzene rings is 2. The molecule has 0 aromatic heterocycles. The van der Waals surface area contributed by atoms with Crippen molar-refractivity contribution in [3.8, 4) is 11.5 Å². The minimum Gasteiger partial charge on any atom is -0.493 e. The summed E-state index contributed by atoms with van der Waals surface area (Å²) < 4.78 is 12.8. The molecule has 3 nitrogen and oxygen atoms in total. The van der Waals surface area contributed by atoms with Crippen molar-refractivity contribution in [1.82, 2.24) is 0 Å². The van der Waals surface area contributed by atoms with Crippen molar-refractivity contribution < 1.29 is 14.6 Å². The summed E-state index contributed by atoms with van der Waals surface area (Å²) in [6, 6.07) is 13.7. The molecule has 0 atom stereocenters. The monoisotopic (exact) mass is 412 g/mol. The van der Waals surface area contributed by atoms with Gasteiger partial charge in [-0.15, -0.1) is 0 Å². The fraction of sp³-hybridized carbons (Fsp3) is 0.333. The zero-order chi connectivity index (χ0) is 15.9. The van der Waals surface area contributed by atoms with Gasteiger partial charge in [0.2, 0.25) is 0 Å². The molecule has 0 saturated heterocycles. The zero-order valence-corrected chi connectivity index (χ0v) is 15.0. The molecule has 0 amide bonds. The molecule has 1 N–H and O–H groups in total. The van der Waals surface area contributed by atoms with E-state index in [1.54, 1.807) is 0 Å². The predicted molar refractivity (Wildman–Crippen MR) is 96.2 cm³/mol. The maximum Gasteiger partial charge on any atom is 0.123 e. The van der Waals surface area contributed by atoms with E-state index in [0.29, 0.717) is 24.9 Å². The summed E-state index contributed by atoms with van der Waals surface area (Å²) in [5.74, 6) is 1.90. The van der Waals surface area contributed by atoms with Crippen LogP contribution in [0.3, 0.4) is 0 Å². The normalized spacial score (nSPS) is 10.8. The second-order valence-electron chi connectivity index (χ2n) is 5.56. The molecule has 0 spiro atoms. The Morgan fingerprint density at radius 2 is 1.73 bits per heavy atom. The van der Waals surface area contributed by atoms with Crippen LogP contribution >= 0.6 is 22.6 Å². The van der Waals surface area contributed by atoms with E-state index in [-0.39, 0.29) is 6.61 Å². The van der Waals surface area contributed by atoms with Gasteiger partial charge in [-0.2, -0.15) is 0 Å². The summed E-state index contributed by atoms with van der Waals surface area (Å²) in [6.07, 6.45) is 0. The number of hydrogen-bond donors (Lipinski definition) is 1. The SMILES string of the molecule is CC(C)COc1cc(CO)cc(OCc2ccccc2I)c1. The summed E-state index contributed by atoms with van der Waals surface area (Å²) in [5.41, 5.74) is 1.93. The Hall–Kier alpha value is -1.27. The Kier molecular flexibility index (Phi) is 6.51. The van der Waals surface area contributed by atoms with E-state index in [0.717, 1.165) is 16.9 Å². The van der Waals surface area contributed by atoms with Gasteiger partial charge in [0.05, 0.1) is 13.2 Å². The maximum atomic E-state index is 9.38.